The van der Waals surface area contributed by atoms with E-state index in [1.54, 1.807) is 55.0 Å². The summed E-state index contributed by atoms with van der Waals surface area (Å²) in [6, 6.07) is 13.9. The Balaban J connectivity index is 1.43. The van der Waals surface area contributed by atoms with Gasteiger partial charge in [-0.3, -0.25) is 9.78 Å². The van der Waals surface area contributed by atoms with E-state index in [1.165, 1.54) is 24.3 Å². The molecule has 2 heterocycles. The van der Waals surface area contributed by atoms with Crippen molar-refractivity contribution in [2.24, 2.45) is 0 Å². The van der Waals surface area contributed by atoms with E-state index in [0.717, 1.165) is 6.07 Å². The maximum absolute atomic E-state index is 13.0. The minimum atomic E-state index is -4.54. The van der Waals surface area contributed by atoms with Gasteiger partial charge in [-0.1, -0.05) is 28.1 Å². The number of hydrogen-bond acceptors (Lipinski definition) is 4. The van der Waals surface area contributed by atoms with Crippen LogP contribution in [0.2, 0.25) is 0 Å². The van der Waals surface area contributed by atoms with E-state index < -0.39 is 17.6 Å². The highest BCUT2D eigenvalue weighted by molar-refractivity contribution is 9.10. The summed E-state index contributed by atoms with van der Waals surface area (Å²) in [4.78, 5) is 23.6. The van der Waals surface area contributed by atoms with Crippen molar-refractivity contribution in [1.29, 1.82) is 0 Å². The average Bonchev–Trinajstić information content (AvgIpc) is 3.34. The number of pyridine rings is 1. The highest BCUT2D eigenvalue weighted by atomic mass is 79.9. The summed E-state index contributed by atoms with van der Waals surface area (Å²) in [7, 11) is 0. The summed E-state index contributed by atoms with van der Waals surface area (Å²) in [5.41, 5.74) is 0.453. The van der Waals surface area contributed by atoms with Crippen LogP contribution in [0.1, 0.15) is 11.1 Å². The van der Waals surface area contributed by atoms with Crippen molar-refractivity contribution in [3.63, 3.8) is 0 Å². The van der Waals surface area contributed by atoms with Crippen molar-refractivity contribution in [2.75, 3.05) is 5.32 Å². The standard InChI is InChI=1S/C24H16BrF3N4O2/c25-20-6-5-16(13-19(20)24(26,27)28)32-22(33)7-4-15-2-1-3-17(12-15)34-18-8-9-29-21(14-18)23-30-10-11-31-23/h1-14H,(H,30,31)(H,32,33)/b7-4+. The van der Waals surface area contributed by atoms with Crippen molar-refractivity contribution < 1.29 is 22.7 Å². The van der Waals surface area contributed by atoms with Crippen LogP contribution in [-0.2, 0) is 11.0 Å². The van der Waals surface area contributed by atoms with Gasteiger partial charge in [-0.25, -0.2) is 4.98 Å². The molecule has 0 aliphatic carbocycles. The molecule has 4 aromatic rings. The number of hydrogen-bond donors (Lipinski definition) is 2. The van der Waals surface area contributed by atoms with Crippen LogP contribution in [0.15, 0.2) is 83.7 Å². The van der Waals surface area contributed by atoms with Crippen LogP contribution >= 0.6 is 15.9 Å². The highest BCUT2D eigenvalue weighted by Gasteiger charge is 2.33. The minimum absolute atomic E-state index is 0.0345. The van der Waals surface area contributed by atoms with Gasteiger partial charge in [0.25, 0.3) is 0 Å². The van der Waals surface area contributed by atoms with Gasteiger partial charge in [0, 0.05) is 40.9 Å². The number of benzene rings is 2. The van der Waals surface area contributed by atoms with E-state index in [-0.39, 0.29) is 10.2 Å². The first-order valence-corrected chi connectivity index (χ1v) is 10.7. The molecule has 0 unspecified atom stereocenters. The Hall–Kier alpha value is -3.92. The Morgan fingerprint density at radius 3 is 2.62 bits per heavy atom. The molecule has 0 radical (unpaired) electrons. The maximum atomic E-state index is 13.0. The number of aromatic amines is 1. The van der Waals surface area contributed by atoms with Crippen molar-refractivity contribution >= 4 is 33.6 Å². The number of rotatable bonds is 6. The van der Waals surface area contributed by atoms with Crippen molar-refractivity contribution in [1.82, 2.24) is 15.0 Å². The Bertz CT molecular complexity index is 1340. The van der Waals surface area contributed by atoms with Gasteiger partial charge in [0.2, 0.25) is 5.91 Å². The Morgan fingerprint density at radius 2 is 1.85 bits per heavy atom. The summed E-state index contributed by atoms with van der Waals surface area (Å²) in [6.45, 7) is 0. The zero-order chi connectivity index (χ0) is 24.1. The Kier molecular flexibility index (Phi) is 6.78. The number of alkyl halides is 3. The van der Waals surface area contributed by atoms with Gasteiger partial charge < -0.3 is 15.0 Å². The first-order valence-electron chi connectivity index (χ1n) is 9.87. The van der Waals surface area contributed by atoms with E-state index >= 15 is 0 Å². The molecule has 10 heteroatoms. The van der Waals surface area contributed by atoms with Gasteiger partial charge in [0.1, 0.15) is 17.2 Å². The quantitative estimate of drug-likeness (QED) is 0.273. The third-order valence-corrected chi connectivity index (χ3v) is 5.22. The molecule has 172 valence electrons. The van der Waals surface area contributed by atoms with Crippen molar-refractivity contribution in [3.8, 4) is 23.0 Å². The first kappa shape index (κ1) is 23.2. The van der Waals surface area contributed by atoms with E-state index in [4.69, 9.17) is 4.74 Å². The molecule has 0 aliphatic heterocycles. The predicted molar refractivity (Wildman–Crippen MR) is 125 cm³/mol. The lowest BCUT2D eigenvalue weighted by Gasteiger charge is -2.11. The average molecular weight is 529 g/mol. The molecule has 0 saturated heterocycles. The summed E-state index contributed by atoms with van der Waals surface area (Å²) in [6.07, 6.45) is 3.16. The fourth-order valence-electron chi connectivity index (χ4n) is 3.00. The fraction of sp³-hybridized carbons (Fsp3) is 0.0417. The van der Waals surface area contributed by atoms with Crippen LogP contribution in [0.5, 0.6) is 11.5 Å². The summed E-state index contributed by atoms with van der Waals surface area (Å²) >= 11 is 2.87. The lowest BCUT2D eigenvalue weighted by Crippen LogP contribution is -2.11. The molecule has 2 aromatic heterocycles. The zero-order valence-electron chi connectivity index (χ0n) is 17.3. The molecule has 1 amide bonds. The SMILES string of the molecule is O=C(/C=C/c1cccc(Oc2ccnc(-c3ncc[nH]3)c2)c1)Nc1ccc(Br)c(C(F)(F)F)c1. The minimum Gasteiger partial charge on any atom is -0.457 e. The number of halogens is 4. The third-order valence-electron chi connectivity index (χ3n) is 4.53. The summed E-state index contributed by atoms with van der Waals surface area (Å²) < 4.78 is 44.9. The number of carbonyl (C=O) groups excluding carboxylic acids is 1. The molecular weight excluding hydrogens is 513 g/mol. The van der Waals surface area contributed by atoms with E-state index in [1.807, 2.05) is 0 Å². The summed E-state index contributed by atoms with van der Waals surface area (Å²) in [5.74, 6) is 1.12. The molecule has 0 saturated carbocycles. The zero-order valence-corrected chi connectivity index (χ0v) is 18.9. The van der Waals surface area contributed by atoms with Crippen LogP contribution in [0, 0.1) is 0 Å². The molecule has 34 heavy (non-hydrogen) atoms. The smallest absolute Gasteiger partial charge is 0.417 e. The second kappa shape index (κ2) is 9.92. The molecule has 0 fully saturated rings. The van der Waals surface area contributed by atoms with Crippen LogP contribution < -0.4 is 10.1 Å². The first-order chi connectivity index (χ1) is 16.3. The van der Waals surface area contributed by atoms with Crippen LogP contribution in [0.3, 0.4) is 0 Å². The number of amides is 1. The normalized spacial score (nSPS) is 11.5. The Morgan fingerprint density at radius 1 is 1.03 bits per heavy atom. The highest BCUT2D eigenvalue weighted by Crippen LogP contribution is 2.36. The molecule has 2 N–H and O–H groups in total. The summed E-state index contributed by atoms with van der Waals surface area (Å²) in [5, 5.41) is 2.43. The van der Waals surface area contributed by atoms with Crippen molar-refractivity contribution in [3.05, 3.63) is 94.9 Å². The lowest BCUT2D eigenvalue weighted by atomic mass is 10.2. The fourth-order valence-corrected chi connectivity index (χ4v) is 3.47. The largest absolute Gasteiger partial charge is 0.457 e. The maximum Gasteiger partial charge on any atom is 0.417 e. The van der Waals surface area contributed by atoms with Gasteiger partial charge in [-0.2, -0.15) is 13.2 Å². The number of nitrogens with zero attached hydrogens (tertiary/aromatic N) is 2. The Labute approximate surface area is 200 Å². The lowest BCUT2D eigenvalue weighted by molar-refractivity contribution is -0.138. The number of nitrogens with one attached hydrogen (secondary N) is 2. The number of ether oxygens (including phenoxy) is 1. The molecule has 0 aliphatic rings. The van der Waals surface area contributed by atoms with Gasteiger partial charge >= 0.3 is 6.18 Å². The number of imidazole rings is 1. The van der Waals surface area contributed by atoms with Crippen LogP contribution in [-0.4, -0.2) is 20.9 Å². The molecule has 0 atom stereocenters. The van der Waals surface area contributed by atoms with E-state index in [9.17, 15) is 18.0 Å². The molecule has 6 nitrogen and oxygen atoms in total. The number of aromatic nitrogens is 3. The molecular formula is C24H16BrF3N4O2. The second-order valence-electron chi connectivity index (χ2n) is 7.00. The number of anilines is 1. The predicted octanol–water partition coefficient (Wildman–Crippen LogP) is 6.70. The van der Waals surface area contributed by atoms with Gasteiger partial charge in [-0.05, 0) is 48.0 Å². The number of H-pyrrole nitrogens is 1. The van der Waals surface area contributed by atoms with Gasteiger partial charge in [-0.15, -0.1) is 0 Å². The third kappa shape index (κ3) is 5.90. The second-order valence-corrected chi connectivity index (χ2v) is 7.86. The van der Waals surface area contributed by atoms with Gasteiger partial charge in [0.05, 0.1) is 5.56 Å². The van der Waals surface area contributed by atoms with Gasteiger partial charge in [0.15, 0.2) is 5.82 Å². The monoisotopic (exact) mass is 528 g/mol. The van der Waals surface area contributed by atoms with E-state index in [0.29, 0.717) is 28.6 Å². The number of carbonyl (C=O) groups is 1. The van der Waals surface area contributed by atoms with Crippen LogP contribution in [0.4, 0.5) is 18.9 Å². The molecule has 0 bridgehead atoms. The molecule has 0 spiro atoms. The molecule has 2 aromatic carbocycles. The topological polar surface area (TPSA) is 79.9 Å². The van der Waals surface area contributed by atoms with Crippen molar-refractivity contribution in [2.45, 2.75) is 6.18 Å². The molecule has 4 rings (SSSR count). The van der Waals surface area contributed by atoms with E-state index in [2.05, 4.69) is 36.2 Å². The van der Waals surface area contributed by atoms with Crippen LogP contribution in [0.25, 0.3) is 17.6 Å².